The van der Waals surface area contributed by atoms with Crippen molar-refractivity contribution in [1.29, 1.82) is 0 Å². The highest BCUT2D eigenvalue weighted by Gasteiger charge is 2.23. The largest absolute Gasteiger partial charge is 0.397 e. The van der Waals surface area contributed by atoms with Crippen LogP contribution < -0.4 is 10.6 Å². The minimum atomic E-state index is -0.226. The molecule has 0 saturated heterocycles. The van der Waals surface area contributed by atoms with E-state index in [1.165, 1.54) is 18.9 Å². The first-order valence-electron chi connectivity index (χ1n) is 5.34. The monoisotopic (exact) mass is 208 g/mol. The average Bonchev–Trinajstić information content (AvgIpc) is 2.95. The van der Waals surface area contributed by atoms with Gasteiger partial charge < -0.3 is 10.6 Å². The van der Waals surface area contributed by atoms with Crippen molar-refractivity contribution in [3.8, 4) is 0 Å². The number of anilines is 2. The van der Waals surface area contributed by atoms with Crippen LogP contribution in [0, 0.1) is 18.7 Å². The second-order valence-electron chi connectivity index (χ2n) is 4.48. The zero-order valence-electron chi connectivity index (χ0n) is 9.26. The van der Waals surface area contributed by atoms with Crippen molar-refractivity contribution >= 4 is 11.4 Å². The zero-order chi connectivity index (χ0) is 11.0. The molecule has 2 N–H and O–H groups in total. The third-order valence-electron chi connectivity index (χ3n) is 2.95. The fourth-order valence-corrected chi connectivity index (χ4v) is 1.80. The number of benzene rings is 1. The molecule has 3 heteroatoms. The Morgan fingerprint density at radius 3 is 2.73 bits per heavy atom. The number of aryl methyl sites for hydroxylation is 1. The predicted molar refractivity (Wildman–Crippen MR) is 61.5 cm³/mol. The van der Waals surface area contributed by atoms with Crippen molar-refractivity contribution in [2.75, 3.05) is 24.2 Å². The normalized spacial score (nSPS) is 15.4. The summed E-state index contributed by atoms with van der Waals surface area (Å²) in [4.78, 5) is 2.12. The first-order chi connectivity index (χ1) is 7.08. The van der Waals surface area contributed by atoms with Crippen LogP contribution in [-0.4, -0.2) is 13.6 Å². The van der Waals surface area contributed by atoms with Gasteiger partial charge in [-0.15, -0.1) is 0 Å². The van der Waals surface area contributed by atoms with E-state index in [2.05, 4.69) is 4.90 Å². The van der Waals surface area contributed by atoms with Crippen LogP contribution in [0.15, 0.2) is 12.1 Å². The van der Waals surface area contributed by atoms with Crippen LogP contribution in [-0.2, 0) is 0 Å². The lowest BCUT2D eigenvalue weighted by Gasteiger charge is -2.21. The number of nitrogen functional groups attached to an aromatic ring is 1. The fraction of sp³-hybridized carbons (Fsp3) is 0.500. The number of nitrogens with zero attached hydrogens (tertiary/aromatic N) is 1. The van der Waals surface area contributed by atoms with Crippen molar-refractivity contribution in [2.24, 2.45) is 5.92 Å². The van der Waals surface area contributed by atoms with Crippen LogP contribution in [0.1, 0.15) is 18.4 Å². The van der Waals surface area contributed by atoms with Crippen LogP contribution in [0.3, 0.4) is 0 Å². The Morgan fingerprint density at radius 2 is 2.13 bits per heavy atom. The Labute approximate surface area is 89.9 Å². The summed E-state index contributed by atoms with van der Waals surface area (Å²) in [5, 5.41) is 0. The van der Waals surface area contributed by atoms with E-state index in [0.717, 1.165) is 18.2 Å². The summed E-state index contributed by atoms with van der Waals surface area (Å²) >= 11 is 0. The molecule has 2 nitrogen and oxygen atoms in total. The van der Waals surface area contributed by atoms with E-state index < -0.39 is 0 Å². The molecule has 82 valence electrons. The van der Waals surface area contributed by atoms with E-state index >= 15 is 0 Å². The molecule has 1 aromatic carbocycles. The Morgan fingerprint density at radius 1 is 1.47 bits per heavy atom. The van der Waals surface area contributed by atoms with Crippen molar-refractivity contribution in [3.63, 3.8) is 0 Å². The van der Waals surface area contributed by atoms with Crippen molar-refractivity contribution in [3.05, 3.63) is 23.5 Å². The number of halogens is 1. The molecule has 1 aliphatic carbocycles. The highest BCUT2D eigenvalue weighted by Crippen LogP contribution is 2.33. The summed E-state index contributed by atoms with van der Waals surface area (Å²) < 4.78 is 13.2. The molecule has 1 aliphatic rings. The standard InChI is InChI=1S/C12H17FN2/c1-8-5-12(11(14)6-10(8)13)15(2)7-9-3-4-9/h5-6,9H,3-4,7,14H2,1-2H3. The first kappa shape index (κ1) is 10.3. The van der Waals surface area contributed by atoms with Crippen molar-refractivity contribution in [2.45, 2.75) is 19.8 Å². The van der Waals surface area contributed by atoms with E-state index in [1.54, 1.807) is 6.92 Å². The molecule has 1 aromatic rings. The molecule has 0 heterocycles. The maximum Gasteiger partial charge on any atom is 0.128 e. The summed E-state index contributed by atoms with van der Waals surface area (Å²) in [6, 6.07) is 3.24. The molecule has 0 spiro atoms. The van der Waals surface area contributed by atoms with Gasteiger partial charge in [-0.05, 0) is 43.4 Å². The molecule has 1 fully saturated rings. The molecule has 0 atom stereocenters. The van der Waals surface area contributed by atoms with Gasteiger partial charge in [0.05, 0.1) is 11.4 Å². The molecule has 0 amide bonds. The SMILES string of the molecule is Cc1cc(N(C)CC2CC2)c(N)cc1F. The number of rotatable bonds is 3. The summed E-state index contributed by atoms with van der Waals surface area (Å²) in [6.07, 6.45) is 2.62. The maximum absolute atomic E-state index is 13.2. The Hall–Kier alpha value is -1.25. The molecular weight excluding hydrogens is 191 g/mol. The van der Waals surface area contributed by atoms with Crippen LogP contribution in [0.25, 0.3) is 0 Å². The lowest BCUT2D eigenvalue weighted by Crippen LogP contribution is -2.21. The summed E-state index contributed by atoms with van der Waals surface area (Å²) in [6.45, 7) is 2.79. The second-order valence-corrected chi connectivity index (χ2v) is 4.48. The molecule has 15 heavy (non-hydrogen) atoms. The van der Waals surface area contributed by atoms with E-state index in [9.17, 15) is 4.39 Å². The van der Waals surface area contributed by atoms with Crippen LogP contribution in [0.2, 0.25) is 0 Å². The van der Waals surface area contributed by atoms with Crippen molar-refractivity contribution < 1.29 is 4.39 Å². The molecule has 0 radical (unpaired) electrons. The van der Waals surface area contributed by atoms with Crippen LogP contribution in [0.5, 0.6) is 0 Å². The lowest BCUT2D eigenvalue weighted by molar-refractivity contribution is 0.619. The van der Waals surface area contributed by atoms with Gasteiger partial charge in [-0.1, -0.05) is 0 Å². The summed E-state index contributed by atoms with van der Waals surface area (Å²) in [5.74, 6) is 0.579. The quantitative estimate of drug-likeness (QED) is 0.773. The average molecular weight is 208 g/mol. The fourth-order valence-electron chi connectivity index (χ4n) is 1.80. The summed E-state index contributed by atoms with van der Waals surface area (Å²) in [5.41, 5.74) is 7.93. The van der Waals surface area contributed by atoms with E-state index in [-0.39, 0.29) is 5.82 Å². The van der Waals surface area contributed by atoms with Gasteiger partial charge in [0.15, 0.2) is 0 Å². The number of nitrogens with two attached hydrogens (primary N) is 1. The van der Waals surface area contributed by atoms with Gasteiger partial charge in [0.2, 0.25) is 0 Å². The first-order valence-corrected chi connectivity index (χ1v) is 5.34. The highest BCUT2D eigenvalue weighted by atomic mass is 19.1. The molecule has 0 aromatic heterocycles. The molecule has 0 aliphatic heterocycles. The predicted octanol–water partition coefficient (Wildman–Crippen LogP) is 2.56. The van der Waals surface area contributed by atoms with Gasteiger partial charge in [-0.2, -0.15) is 0 Å². The Bertz CT molecular complexity index is 372. The smallest absolute Gasteiger partial charge is 0.128 e. The topological polar surface area (TPSA) is 29.3 Å². The second kappa shape index (κ2) is 3.72. The van der Waals surface area contributed by atoms with Crippen LogP contribution >= 0.6 is 0 Å². The zero-order valence-corrected chi connectivity index (χ0v) is 9.26. The highest BCUT2D eigenvalue weighted by molar-refractivity contribution is 5.68. The van der Waals surface area contributed by atoms with Crippen LogP contribution in [0.4, 0.5) is 15.8 Å². The molecule has 0 bridgehead atoms. The van der Waals surface area contributed by atoms with Crippen molar-refractivity contribution in [1.82, 2.24) is 0 Å². The van der Waals surface area contributed by atoms with Gasteiger partial charge in [-0.25, -0.2) is 4.39 Å². The van der Waals surface area contributed by atoms with Gasteiger partial charge >= 0.3 is 0 Å². The Balaban J connectivity index is 2.21. The molecular formula is C12H17FN2. The third-order valence-corrected chi connectivity index (χ3v) is 2.95. The van der Waals surface area contributed by atoms with Gasteiger partial charge in [0.25, 0.3) is 0 Å². The lowest BCUT2D eigenvalue weighted by atomic mass is 10.1. The molecule has 1 saturated carbocycles. The van der Waals surface area contributed by atoms with E-state index in [4.69, 9.17) is 5.73 Å². The van der Waals surface area contributed by atoms with E-state index in [0.29, 0.717) is 11.3 Å². The maximum atomic E-state index is 13.2. The number of hydrogen-bond acceptors (Lipinski definition) is 2. The minimum absolute atomic E-state index is 0.226. The number of hydrogen-bond donors (Lipinski definition) is 1. The third kappa shape index (κ3) is 2.22. The molecule has 0 unspecified atom stereocenters. The van der Waals surface area contributed by atoms with Gasteiger partial charge in [0, 0.05) is 13.6 Å². The summed E-state index contributed by atoms with van der Waals surface area (Å²) in [7, 11) is 2.02. The Kier molecular flexibility index (Phi) is 2.55. The minimum Gasteiger partial charge on any atom is -0.397 e. The van der Waals surface area contributed by atoms with Gasteiger partial charge in [0.1, 0.15) is 5.82 Å². The van der Waals surface area contributed by atoms with E-state index in [1.807, 2.05) is 13.1 Å². The van der Waals surface area contributed by atoms with Gasteiger partial charge in [-0.3, -0.25) is 0 Å². The molecule has 2 rings (SSSR count).